The van der Waals surface area contributed by atoms with Crippen LogP contribution in [-0.4, -0.2) is 19.6 Å². The van der Waals surface area contributed by atoms with Crippen molar-refractivity contribution in [2.75, 3.05) is 0 Å². The van der Waals surface area contributed by atoms with Crippen LogP contribution in [0, 0.1) is 17.8 Å². The molecule has 4 fully saturated rings. The predicted octanol–water partition coefficient (Wildman–Crippen LogP) is 5.36. The zero-order valence-corrected chi connectivity index (χ0v) is 16.6. The molecule has 6 heteroatoms. The van der Waals surface area contributed by atoms with Crippen LogP contribution in [0.1, 0.15) is 44.2 Å². The number of imidazole rings is 1. The summed E-state index contributed by atoms with van der Waals surface area (Å²) in [6.07, 6.45) is 10.5. The number of phenols is 2. The Morgan fingerprint density at radius 2 is 1.70 bits per heavy atom. The Hall–Kier alpha value is -1.72. The van der Waals surface area contributed by atoms with Crippen LogP contribution in [0.15, 0.2) is 29.8 Å². The SMILES string of the molecule is Cl.Oc1ccc(-c2csc3nc(C45CC6CC(CC(C6)C4)C5)cn23)c(O)c1. The van der Waals surface area contributed by atoms with E-state index in [1.54, 1.807) is 23.5 Å². The van der Waals surface area contributed by atoms with E-state index in [-0.39, 0.29) is 29.3 Å². The molecule has 2 heterocycles. The Kier molecular flexibility index (Phi) is 3.79. The maximum absolute atomic E-state index is 10.3. The average molecular weight is 403 g/mol. The van der Waals surface area contributed by atoms with Crippen molar-refractivity contribution in [3.8, 4) is 22.8 Å². The molecule has 0 amide bonds. The lowest BCUT2D eigenvalue weighted by Gasteiger charge is -2.56. The highest BCUT2D eigenvalue weighted by atomic mass is 35.5. The zero-order chi connectivity index (χ0) is 17.5. The van der Waals surface area contributed by atoms with Gasteiger partial charge >= 0.3 is 0 Å². The Morgan fingerprint density at radius 3 is 2.33 bits per heavy atom. The third-order valence-electron chi connectivity index (χ3n) is 7.05. The summed E-state index contributed by atoms with van der Waals surface area (Å²) in [5.74, 6) is 2.90. The molecule has 0 spiro atoms. The fourth-order valence-electron chi connectivity index (χ4n) is 6.39. The molecule has 2 N–H and O–H groups in total. The van der Waals surface area contributed by atoms with E-state index in [0.717, 1.165) is 34.0 Å². The van der Waals surface area contributed by atoms with Gasteiger partial charge in [0.2, 0.25) is 0 Å². The van der Waals surface area contributed by atoms with Crippen LogP contribution < -0.4 is 0 Å². The van der Waals surface area contributed by atoms with Gasteiger partial charge in [-0.3, -0.25) is 4.40 Å². The Morgan fingerprint density at radius 1 is 1.04 bits per heavy atom. The molecular weight excluding hydrogens is 380 g/mol. The van der Waals surface area contributed by atoms with Gasteiger partial charge in [-0.2, -0.15) is 0 Å². The molecule has 0 radical (unpaired) electrons. The van der Waals surface area contributed by atoms with Gasteiger partial charge in [0, 0.05) is 28.6 Å². The highest BCUT2D eigenvalue weighted by Crippen LogP contribution is 2.60. The minimum absolute atomic E-state index is 0. The molecule has 4 saturated carbocycles. The number of phenolic OH excluding ortho intramolecular Hbond substituents is 2. The van der Waals surface area contributed by atoms with Crippen molar-refractivity contribution in [3.63, 3.8) is 0 Å². The molecule has 0 saturated heterocycles. The smallest absolute Gasteiger partial charge is 0.194 e. The third-order valence-corrected chi connectivity index (χ3v) is 7.89. The first-order valence-corrected chi connectivity index (χ1v) is 10.5. The van der Waals surface area contributed by atoms with E-state index in [9.17, 15) is 10.2 Å². The number of nitrogens with zero attached hydrogens (tertiary/aromatic N) is 2. The number of benzene rings is 1. The number of aromatic nitrogens is 2. The summed E-state index contributed by atoms with van der Waals surface area (Å²) < 4.78 is 2.13. The Bertz CT molecular complexity index is 989. The van der Waals surface area contributed by atoms with Gasteiger partial charge in [-0.15, -0.1) is 23.7 Å². The van der Waals surface area contributed by atoms with Gasteiger partial charge in [0.15, 0.2) is 4.96 Å². The maximum atomic E-state index is 10.3. The number of thiazole rings is 1. The van der Waals surface area contributed by atoms with Gasteiger partial charge in [0.25, 0.3) is 0 Å². The van der Waals surface area contributed by atoms with E-state index < -0.39 is 0 Å². The first-order chi connectivity index (χ1) is 12.6. The second-order valence-corrected chi connectivity index (χ2v) is 9.64. The van der Waals surface area contributed by atoms with Crippen LogP contribution in [0.25, 0.3) is 16.2 Å². The second kappa shape index (κ2) is 5.89. The van der Waals surface area contributed by atoms with E-state index in [1.165, 1.54) is 50.3 Å². The third kappa shape index (κ3) is 2.51. The summed E-state index contributed by atoms with van der Waals surface area (Å²) in [4.78, 5) is 6.04. The van der Waals surface area contributed by atoms with Crippen LogP contribution in [0.5, 0.6) is 11.5 Å². The van der Waals surface area contributed by atoms with E-state index in [0.29, 0.717) is 0 Å². The zero-order valence-electron chi connectivity index (χ0n) is 15.0. The van der Waals surface area contributed by atoms with E-state index in [1.807, 2.05) is 5.38 Å². The lowest BCUT2D eigenvalue weighted by molar-refractivity contribution is -0.00696. The molecule has 7 rings (SSSR count). The minimum Gasteiger partial charge on any atom is -0.508 e. The quantitative estimate of drug-likeness (QED) is 0.606. The lowest BCUT2D eigenvalue weighted by Crippen LogP contribution is -2.48. The van der Waals surface area contributed by atoms with Gasteiger partial charge in [-0.1, -0.05) is 0 Å². The lowest BCUT2D eigenvalue weighted by atomic mass is 9.49. The molecule has 0 unspecified atom stereocenters. The molecule has 4 aliphatic carbocycles. The first-order valence-electron chi connectivity index (χ1n) is 9.59. The molecule has 142 valence electrons. The molecule has 3 aromatic rings. The minimum atomic E-state index is 0. The highest BCUT2D eigenvalue weighted by Gasteiger charge is 2.52. The standard InChI is InChI=1S/C21H22N2O2S.ClH/c24-15-1-2-16(18(25)6-15)17-11-26-20-22-19(10-23(17)20)21-7-12-3-13(8-21)5-14(4-12)9-21;/h1-2,6,10-14,24-25H,3-5,7-9H2;1H. The number of fused-ring (bicyclic) bond motifs is 1. The van der Waals surface area contributed by atoms with Crippen molar-refractivity contribution in [2.45, 2.75) is 43.9 Å². The summed E-state index contributed by atoms with van der Waals surface area (Å²) in [7, 11) is 0. The van der Waals surface area contributed by atoms with Gasteiger partial charge in [-0.25, -0.2) is 4.98 Å². The molecule has 4 aliphatic rings. The van der Waals surface area contributed by atoms with Crippen LogP contribution >= 0.6 is 23.7 Å². The molecule has 1 aromatic carbocycles. The van der Waals surface area contributed by atoms with E-state index in [4.69, 9.17) is 4.98 Å². The summed E-state index contributed by atoms with van der Waals surface area (Å²) in [5.41, 5.74) is 3.24. The number of rotatable bonds is 2. The summed E-state index contributed by atoms with van der Waals surface area (Å²) in [6, 6.07) is 4.79. The summed E-state index contributed by atoms with van der Waals surface area (Å²) in [6.45, 7) is 0. The van der Waals surface area contributed by atoms with Gasteiger partial charge in [0.05, 0.1) is 11.4 Å². The maximum Gasteiger partial charge on any atom is 0.194 e. The molecular formula is C21H23ClN2O2S. The number of hydrogen-bond acceptors (Lipinski definition) is 4. The van der Waals surface area contributed by atoms with Crippen molar-refractivity contribution < 1.29 is 10.2 Å². The molecule has 4 bridgehead atoms. The first kappa shape index (κ1) is 17.4. The van der Waals surface area contributed by atoms with E-state index >= 15 is 0 Å². The monoisotopic (exact) mass is 402 g/mol. The number of aromatic hydroxyl groups is 2. The van der Waals surface area contributed by atoms with Crippen LogP contribution in [0.3, 0.4) is 0 Å². The van der Waals surface area contributed by atoms with Crippen molar-refractivity contribution >= 4 is 28.7 Å². The number of halogens is 1. The average Bonchev–Trinajstić information content (AvgIpc) is 3.15. The fraction of sp³-hybridized carbons (Fsp3) is 0.476. The van der Waals surface area contributed by atoms with Crippen LogP contribution in [0.4, 0.5) is 0 Å². The van der Waals surface area contributed by atoms with Crippen molar-refractivity contribution in [3.05, 3.63) is 35.5 Å². The largest absolute Gasteiger partial charge is 0.508 e. The number of hydrogen-bond donors (Lipinski definition) is 2. The van der Waals surface area contributed by atoms with Crippen molar-refractivity contribution in [1.82, 2.24) is 9.38 Å². The highest BCUT2D eigenvalue weighted by molar-refractivity contribution is 7.15. The Labute approximate surface area is 168 Å². The molecule has 0 atom stereocenters. The van der Waals surface area contributed by atoms with Crippen molar-refractivity contribution in [1.29, 1.82) is 0 Å². The molecule has 27 heavy (non-hydrogen) atoms. The Balaban J connectivity index is 0.00000160. The molecule has 0 aliphatic heterocycles. The van der Waals surface area contributed by atoms with Crippen LogP contribution in [0.2, 0.25) is 0 Å². The van der Waals surface area contributed by atoms with Crippen molar-refractivity contribution in [2.24, 2.45) is 17.8 Å². The second-order valence-electron chi connectivity index (χ2n) is 8.80. The predicted molar refractivity (Wildman–Crippen MR) is 109 cm³/mol. The summed E-state index contributed by atoms with van der Waals surface area (Å²) >= 11 is 1.62. The molecule has 4 nitrogen and oxygen atoms in total. The van der Waals surface area contributed by atoms with Gasteiger partial charge in [0.1, 0.15) is 11.5 Å². The molecule has 2 aromatic heterocycles. The van der Waals surface area contributed by atoms with Gasteiger partial charge in [-0.05, 0) is 68.4 Å². The normalized spacial score (nSPS) is 31.3. The van der Waals surface area contributed by atoms with Crippen LogP contribution in [-0.2, 0) is 5.41 Å². The topological polar surface area (TPSA) is 57.8 Å². The van der Waals surface area contributed by atoms with Gasteiger partial charge < -0.3 is 10.2 Å². The summed E-state index contributed by atoms with van der Waals surface area (Å²) in [5, 5.41) is 21.9. The van der Waals surface area contributed by atoms with E-state index in [2.05, 4.69) is 10.6 Å². The fourth-order valence-corrected chi connectivity index (χ4v) is 7.27.